The minimum Gasteiger partial charge on any atom is -0.366 e. The first-order chi connectivity index (χ1) is 15.0. The van der Waals surface area contributed by atoms with Gasteiger partial charge in [0.25, 0.3) is 0 Å². The monoisotopic (exact) mass is 448 g/mol. The molecule has 2 saturated heterocycles. The molecule has 2 aliphatic heterocycles. The summed E-state index contributed by atoms with van der Waals surface area (Å²) in [7, 11) is 0. The van der Waals surface area contributed by atoms with Gasteiger partial charge in [-0.25, -0.2) is 8.78 Å². The summed E-state index contributed by atoms with van der Waals surface area (Å²) in [6, 6.07) is 11.3. The maximum absolute atomic E-state index is 14.0. The number of benzene rings is 2. The van der Waals surface area contributed by atoms with Gasteiger partial charge in [0, 0.05) is 63.9 Å². The van der Waals surface area contributed by atoms with Gasteiger partial charge in [-0.15, -0.1) is 0 Å². The van der Waals surface area contributed by atoms with Gasteiger partial charge in [0.1, 0.15) is 11.6 Å². The second kappa shape index (κ2) is 9.94. The van der Waals surface area contributed by atoms with Crippen molar-refractivity contribution >= 4 is 23.2 Å². The number of halogens is 3. The van der Waals surface area contributed by atoms with Gasteiger partial charge < -0.3 is 9.80 Å². The third-order valence-corrected chi connectivity index (χ3v) is 6.41. The first kappa shape index (κ1) is 22.0. The van der Waals surface area contributed by atoms with E-state index in [0.717, 1.165) is 31.7 Å². The Hall–Kier alpha value is -2.22. The summed E-state index contributed by atoms with van der Waals surface area (Å²) in [5, 5.41) is 0.451. The molecule has 0 N–H and O–H groups in total. The molecule has 0 aromatic heterocycles. The summed E-state index contributed by atoms with van der Waals surface area (Å²) in [5.74, 6) is -0.419. The standard InChI is InChI=1S/C23H27ClF2N4O/c24-20-15-19(25)6-5-18(20)16-27-7-9-28(10-8-27)17-23(31)30-13-11-29(12-14-30)22-4-2-1-3-21(22)26/h1-6,15H,7-14,16-17H2. The molecule has 2 fully saturated rings. The maximum atomic E-state index is 14.0. The fourth-order valence-corrected chi connectivity index (χ4v) is 4.42. The van der Waals surface area contributed by atoms with Crippen molar-refractivity contribution in [1.82, 2.24) is 14.7 Å². The summed E-state index contributed by atoms with van der Waals surface area (Å²) in [5.41, 5.74) is 1.52. The van der Waals surface area contributed by atoms with Gasteiger partial charge in [-0.2, -0.15) is 0 Å². The molecule has 4 rings (SSSR count). The number of para-hydroxylation sites is 1. The Morgan fingerprint density at radius 2 is 1.55 bits per heavy atom. The van der Waals surface area contributed by atoms with E-state index in [-0.39, 0.29) is 17.5 Å². The maximum Gasteiger partial charge on any atom is 0.236 e. The highest BCUT2D eigenvalue weighted by molar-refractivity contribution is 6.31. The second-order valence-electron chi connectivity index (χ2n) is 8.11. The predicted octanol–water partition coefficient (Wildman–Crippen LogP) is 3.08. The zero-order valence-electron chi connectivity index (χ0n) is 17.4. The third kappa shape index (κ3) is 5.53. The second-order valence-corrected chi connectivity index (χ2v) is 8.51. The van der Waals surface area contributed by atoms with Crippen LogP contribution in [0.1, 0.15) is 5.56 Å². The molecule has 2 aliphatic rings. The Labute approximate surface area is 186 Å². The van der Waals surface area contributed by atoms with Crippen molar-refractivity contribution in [3.05, 3.63) is 64.7 Å². The molecule has 166 valence electrons. The Kier molecular flexibility index (Phi) is 7.05. The molecule has 0 aliphatic carbocycles. The van der Waals surface area contributed by atoms with E-state index in [2.05, 4.69) is 9.80 Å². The molecule has 2 aromatic rings. The summed E-state index contributed by atoms with van der Waals surface area (Å²) in [4.78, 5) is 21.1. The topological polar surface area (TPSA) is 30.0 Å². The van der Waals surface area contributed by atoms with E-state index in [1.165, 1.54) is 18.2 Å². The predicted molar refractivity (Wildman–Crippen MR) is 118 cm³/mol. The quantitative estimate of drug-likeness (QED) is 0.703. The van der Waals surface area contributed by atoms with E-state index < -0.39 is 0 Å². The van der Waals surface area contributed by atoms with E-state index >= 15 is 0 Å². The SMILES string of the molecule is O=C(CN1CCN(Cc2ccc(F)cc2Cl)CC1)N1CCN(c2ccccc2F)CC1. The molecule has 1 amide bonds. The lowest BCUT2D eigenvalue weighted by atomic mass is 10.2. The molecule has 2 aromatic carbocycles. The molecule has 0 unspecified atom stereocenters. The van der Waals surface area contributed by atoms with Gasteiger partial charge in [-0.05, 0) is 29.8 Å². The minimum absolute atomic E-state index is 0.128. The zero-order chi connectivity index (χ0) is 21.8. The van der Waals surface area contributed by atoms with Crippen molar-refractivity contribution in [1.29, 1.82) is 0 Å². The van der Waals surface area contributed by atoms with Crippen LogP contribution in [0.5, 0.6) is 0 Å². The van der Waals surface area contributed by atoms with Crippen LogP contribution >= 0.6 is 11.6 Å². The van der Waals surface area contributed by atoms with Crippen LogP contribution in [0.4, 0.5) is 14.5 Å². The number of carbonyl (C=O) groups is 1. The van der Waals surface area contributed by atoms with Crippen LogP contribution in [-0.4, -0.2) is 79.5 Å². The molecule has 0 radical (unpaired) electrons. The smallest absolute Gasteiger partial charge is 0.236 e. The van der Waals surface area contributed by atoms with E-state index in [9.17, 15) is 13.6 Å². The Morgan fingerprint density at radius 3 is 2.23 bits per heavy atom. The number of piperazine rings is 2. The molecule has 0 spiro atoms. The van der Waals surface area contributed by atoms with Crippen molar-refractivity contribution in [2.75, 3.05) is 63.8 Å². The van der Waals surface area contributed by atoms with Crippen LogP contribution in [0, 0.1) is 11.6 Å². The molecule has 8 heteroatoms. The van der Waals surface area contributed by atoms with Crippen LogP contribution in [-0.2, 0) is 11.3 Å². The van der Waals surface area contributed by atoms with Crippen molar-refractivity contribution in [2.24, 2.45) is 0 Å². The number of amides is 1. The molecule has 0 saturated carbocycles. The largest absolute Gasteiger partial charge is 0.366 e. The molecular formula is C23H27ClF2N4O. The molecule has 2 heterocycles. The molecular weight excluding hydrogens is 422 g/mol. The van der Waals surface area contributed by atoms with E-state index in [0.29, 0.717) is 50.0 Å². The van der Waals surface area contributed by atoms with Crippen LogP contribution < -0.4 is 4.90 Å². The van der Waals surface area contributed by atoms with Crippen LogP contribution in [0.15, 0.2) is 42.5 Å². The van der Waals surface area contributed by atoms with E-state index in [4.69, 9.17) is 11.6 Å². The highest BCUT2D eigenvalue weighted by atomic mass is 35.5. The number of carbonyl (C=O) groups excluding carboxylic acids is 1. The van der Waals surface area contributed by atoms with Gasteiger partial charge in [0.15, 0.2) is 0 Å². The van der Waals surface area contributed by atoms with Crippen molar-refractivity contribution < 1.29 is 13.6 Å². The van der Waals surface area contributed by atoms with Crippen LogP contribution in [0.2, 0.25) is 5.02 Å². The van der Waals surface area contributed by atoms with Gasteiger partial charge in [0.05, 0.1) is 12.2 Å². The summed E-state index contributed by atoms with van der Waals surface area (Å²) in [6.07, 6.45) is 0. The van der Waals surface area contributed by atoms with Crippen LogP contribution in [0.25, 0.3) is 0 Å². The van der Waals surface area contributed by atoms with Gasteiger partial charge in [0.2, 0.25) is 5.91 Å². The highest BCUT2D eigenvalue weighted by Crippen LogP contribution is 2.21. The number of hydrogen-bond donors (Lipinski definition) is 0. The van der Waals surface area contributed by atoms with Crippen molar-refractivity contribution in [2.45, 2.75) is 6.54 Å². The van der Waals surface area contributed by atoms with E-state index in [1.807, 2.05) is 15.9 Å². The Bertz CT molecular complexity index is 912. The average molecular weight is 449 g/mol. The number of rotatable bonds is 5. The molecule has 0 bridgehead atoms. The van der Waals surface area contributed by atoms with E-state index in [1.54, 1.807) is 18.2 Å². The third-order valence-electron chi connectivity index (χ3n) is 6.06. The summed E-state index contributed by atoms with van der Waals surface area (Å²) >= 11 is 6.14. The summed E-state index contributed by atoms with van der Waals surface area (Å²) < 4.78 is 27.2. The number of anilines is 1. The average Bonchev–Trinajstić information content (AvgIpc) is 2.77. The molecule has 0 atom stereocenters. The molecule has 5 nitrogen and oxygen atoms in total. The number of hydrogen-bond acceptors (Lipinski definition) is 4. The Balaban J connectivity index is 1.21. The first-order valence-electron chi connectivity index (χ1n) is 10.7. The lowest BCUT2D eigenvalue weighted by Crippen LogP contribution is -2.53. The zero-order valence-corrected chi connectivity index (χ0v) is 18.2. The molecule has 31 heavy (non-hydrogen) atoms. The van der Waals surface area contributed by atoms with Gasteiger partial charge in [-0.3, -0.25) is 14.6 Å². The number of nitrogens with zero attached hydrogens (tertiary/aromatic N) is 4. The fourth-order valence-electron chi connectivity index (χ4n) is 4.19. The van der Waals surface area contributed by atoms with Crippen LogP contribution in [0.3, 0.4) is 0 Å². The summed E-state index contributed by atoms with van der Waals surface area (Å²) in [6.45, 7) is 6.86. The highest BCUT2D eigenvalue weighted by Gasteiger charge is 2.25. The van der Waals surface area contributed by atoms with Crippen molar-refractivity contribution in [3.8, 4) is 0 Å². The first-order valence-corrected chi connectivity index (χ1v) is 11.0. The lowest BCUT2D eigenvalue weighted by Gasteiger charge is -2.38. The van der Waals surface area contributed by atoms with Gasteiger partial charge in [-0.1, -0.05) is 29.8 Å². The van der Waals surface area contributed by atoms with Crippen molar-refractivity contribution in [3.63, 3.8) is 0 Å². The van der Waals surface area contributed by atoms with Gasteiger partial charge >= 0.3 is 0 Å². The normalized spacial score (nSPS) is 18.4. The Morgan fingerprint density at radius 1 is 0.871 bits per heavy atom. The minimum atomic E-state index is -0.327. The fraction of sp³-hybridized carbons (Fsp3) is 0.435. The lowest BCUT2D eigenvalue weighted by molar-refractivity contribution is -0.133.